The maximum absolute atomic E-state index is 11.1. The lowest BCUT2D eigenvalue weighted by Crippen LogP contribution is -2.24. The summed E-state index contributed by atoms with van der Waals surface area (Å²) in [7, 11) is 1.85. The van der Waals surface area contributed by atoms with Crippen molar-refractivity contribution in [3.63, 3.8) is 0 Å². The van der Waals surface area contributed by atoms with Crippen LogP contribution in [0.25, 0.3) is 0 Å². The zero-order valence-electron chi connectivity index (χ0n) is 12.1. The van der Waals surface area contributed by atoms with Gasteiger partial charge in [0.15, 0.2) is 5.75 Å². The van der Waals surface area contributed by atoms with E-state index in [2.05, 4.69) is 12.2 Å². The van der Waals surface area contributed by atoms with Crippen LogP contribution < -0.4 is 10.1 Å². The van der Waals surface area contributed by atoms with Crippen molar-refractivity contribution in [2.75, 3.05) is 7.05 Å². The minimum absolute atomic E-state index is 0.0584. The van der Waals surface area contributed by atoms with E-state index in [0.29, 0.717) is 18.2 Å². The number of nitrogens with one attached hydrogen (secondary N) is 1. The molecule has 20 heavy (non-hydrogen) atoms. The fraction of sp³-hybridized carbons (Fsp3) is 0.600. The van der Waals surface area contributed by atoms with E-state index < -0.39 is 0 Å². The van der Waals surface area contributed by atoms with Gasteiger partial charge in [-0.05, 0) is 43.9 Å². The largest absolute Gasteiger partial charge is 0.483 e. The number of ether oxygens (including phenoxy) is 1. The third-order valence-electron chi connectivity index (χ3n) is 3.78. The van der Waals surface area contributed by atoms with Crippen molar-refractivity contribution >= 4 is 5.69 Å². The predicted octanol–water partition coefficient (Wildman–Crippen LogP) is 3.27. The summed E-state index contributed by atoms with van der Waals surface area (Å²) in [5.74, 6) is 1.04. The second-order valence-electron chi connectivity index (χ2n) is 5.60. The molecule has 0 aromatic heterocycles. The van der Waals surface area contributed by atoms with E-state index in [1.807, 2.05) is 7.05 Å². The van der Waals surface area contributed by atoms with E-state index in [1.165, 1.54) is 12.5 Å². The Bertz CT molecular complexity index is 476. The summed E-state index contributed by atoms with van der Waals surface area (Å²) in [6, 6.07) is 5.09. The number of hydrogen-bond donors (Lipinski definition) is 1. The quantitative estimate of drug-likeness (QED) is 0.663. The Morgan fingerprint density at radius 2 is 2.25 bits per heavy atom. The van der Waals surface area contributed by atoms with Crippen LogP contribution in [0.4, 0.5) is 5.69 Å². The average Bonchev–Trinajstić information content (AvgIpc) is 2.39. The van der Waals surface area contributed by atoms with E-state index in [0.717, 1.165) is 24.8 Å². The van der Waals surface area contributed by atoms with E-state index in [4.69, 9.17) is 4.74 Å². The van der Waals surface area contributed by atoms with Gasteiger partial charge in [-0.25, -0.2) is 0 Å². The molecule has 2 unspecified atom stereocenters. The van der Waals surface area contributed by atoms with Crippen LogP contribution in [0, 0.1) is 16.0 Å². The molecule has 0 spiro atoms. The molecule has 5 heteroatoms. The van der Waals surface area contributed by atoms with Crippen LogP contribution in [0.15, 0.2) is 18.2 Å². The Morgan fingerprint density at radius 3 is 2.90 bits per heavy atom. The zero-order valence-corrected chi connectivity index (χ0v) is 12.1. The van der Waals surface area contributed by atoms with Crippen molar-refractivity contribution in [1.82, 2.24) is 5.32 Å². The Labute approximate surface area is 119 Å². The first-order chi connectivity index (χ1) is 9.60. The topological polar surface area (TPSA) is 64.4 Å². The second kappa shape index (κ2) is 6.70. The number of hydrogen-bond acceptors (Lipinski definition) is 4. The Balaban J connectivity index is 2.18. The zero-order chi connectivity index (χ0) is 14.5. The van der Waals surface area contributed by atoms with Crippen LogP contribution in [-0.2, 0) is 6.54 Å². The Morgan fingerprint density at radius 1 is 1.45 bits per heavy atom. The van der Waals surface area contributed by atoms with Gasteiger partial charge in [0.1, 0.15) is 0 Å². The molecule has 0 heterocycles. The Kier molecular flexibility index (Phi) is 4.95. The molecular formula is C15H22N2O3. The molecule has 1 aliphatic carbocycles. The standard InChI is InChI=1S/C15H22N2O3/c1-11-4-3-5-13(8-11)20-15-9-12(10-16-2)6-7-14(15)17(18)19/h6-7,9,11,13,16H,3-5,8,10H2,1-2H3. The van der Waals surface area contributed by atoms with Crippen molar-refractivity contribution in [3.8, 4) is 5.75 Å². The normalized spacial score (nSPS) is 22.5. The molecule has 0 radical (unpaired) electrons. The van der Waals surface area contributed by atoms with E-state index in [9.17, 15) is 10.1 Å². The Hall–Kier alpha value is -1.62. The van der Waals surface area contributed by atoms with Gasteiger partial charge in [-0.3, -0.25) is 10.1 Å². The molecule has 110 valence electrons. The molecule has 1 N–H and O–H groups in total. The molecule has 1 aromatic rings. The smallest absolute Gasteiger partial charge is 0.310 e. The number of nitro groups is 1. The molecule has 2 rings (SSSR count). The lowest BCUT2D eigenvalue weighted by atomic mass is 9.88. The van der Waals surface area contributed by atoms with Gasteiger partial charge in [0.2, 0.25) is 0 Å². The van der Waals surface area contributed by atoms with Crippen LogP contribution in [0.5, 0.6) is 5.75 Å². The van der Waals surface area contributed by atoms with Crippen LogP contribution in [-0.4, -0.2) is 18.1 Å². The van der Waals surface area contributed by atoms with Crippen molar-refractivity contribution in [3.05, 3.63) is 33.9 Å². The molecule has 0 amide bonds. The minimum Gasteiger partial charge on any atom is -0.483 e. The highest BCUT2D eigenvalue weighted by Gasteiger charge is 2.24. The van der Waals surface area contributed by atoms with Gasteiger partial charge in [0, 0.05) is 12.6 Å². The van der Waals surface area contributed by atoms with Gasteiger partial charge < -0.3 is 10.1 Å². The predicted molar refractivity (Wildman–Crippen MR) is 77.9 cm³/mol. The van der Waals surface area contributed by atoms with Gasteiger partial charge in [-0.15, -0.1) is 0 Å². The van der Waals surface area contributed by atoms with Gasteiger partial charge in [-0.2, -0.15) is 0 Å². The summed E-state index contributed by atoms with van der Waals surface area (Å²) in [6.45, 7) is 2.89. The molecule has 1 fully saturated rings. The highest BCUT2D eigenvalue weighted by atomic mass is 16.6. The van der Waals surface area contributed by atoms with Crippen LogP contribution in [0.2, 0.25) is 0 Å². The van der Waals surface area contributed by atoms with Gasteiger partial charge in [0.25, 0.3) is 0 Å². The van der Waals surface area contributed by atoms with Crippen molar-refractivity contribution < 1.29 is 9.66 Å². The fourth-order valence-corrected chi connectivity index (χ4v) is 2.78. The molecule has 1 aliphatic rings. The van der Waals surface area contributed by atoms with Gasteiger partial charge >= 0.3 is 5.69 Å². The number of nitrogens with zero attached hydrogens (tertiary/aromatic N) is 1. The number of nitro benzene ring substituents is 1. The maximum Gasteiger partial charge on any atom is 0.310 e. The van der Waals surface area contributed by atoms with Crippen LogP contribution >= 0.6 is 0 Å². The molecule has 1 saturated carbocycles. The molecule has 0 bridgehead atoms. The second-order valence-corrected chi connectivity index (χ2v) is 5.60. The highest BCUT2D eigenvalue weighted by molar-refractivity contribution is 5.48. The summed E-state index contributed by atoms with van der Waals surface area (Å²) in [5.41, 5.74) is 1.06. The first kappa shape index (κ1) is 14.8. The monoisotopic (exact) mass is 278 g/mol. The first-order valence-electron chi connectivity index (χ1n) is 7.18. The van der Waals surface area contributed by atoms with E-state index in [-0.39, 0.29) is 16.7 Å². The van der Waals surface area contributed by atoms with E-state index in [1.54, 1.807) is 12.1 Å². The third kappa shape index (κ3) is 3.70. The van der Waals surface area contributed by atoms with Gasteiger partial charge in [-0.1, -0.05) is 19.4 Å². The lowest BCUT2D eigenvalue weighted by Gasteiger charge is -2.27. The van der Waals surface area contributed by atoms with Crippen molar-refractivity contribution in [1.29, 1.82) is 0 Å². The lowest BCUT2D eigenvalue weighted by molar-refractivity contribution is -0.386. The summed E-state index contributed by atoms with van der Waals surface area (Å²) in [4.78, 5) is 10.7. The maximum atomic E-state index is 11.1. The fourth-order valence-electron chi connectivity index (χ4n) is 2.78. The molecule has 2 atom stereocenters. The number of benzene rings is 1. The minimum atomic E-state index is -0.370. The SMILES string of the molecule is CNCc1ccc([N+](=O)[O-])c(OC2CCCC(C)C2)c1. The molecule has 5 nitrogen and oxygen atoms in total. The molecule has 1 aromatic carbocycles. The van der Waals surface area contributed by atoms with Crippen molar-refractivity contribution in [2.24, 2.45) is 5.92 Å². The number of rotatable bonds is 5. The third-order valence-corrected chi connectivity index (χ3v) is 3.78. The first-order valence-corrected chi connectivity index (χ1v) is 7.18. The van der Waals surface area contributed by atoms with Crippen LogP contribution in [0.3, 0.4) is 0 Å². The van der Waals surface area contributed by atoms with Crippen molar-refractivity contribution in [2.45, 2.75) is 45.3 Å². The molecular weight excluding hydrogens is 256 g/mol. The summed E-state index contributed by atoms with van der Waals surface area (Å²) < 4.78 is 5.94. The van der Waals surface area contributed by atoms with E-state index >= 15 is 0 Å². The summed E-state index contributed by atoms with van der Waals surface area (Å²) >= 11 is 0. The van der Waals surface area contributed by atoms with Crippen LogP contribution in [0.1, 0.15) is 38.2 Å². The average molecular weight is 278 g/mol. The van der Waals surface area contributed by atoms with Gasteiger partial charge in [0.05, 0.1) is 11.0 Å². The molecule has 0 aliphatic heterocycles. The molecule has 0 saturated heterocycles. The summed E-state index contributed by atoms with van der Waals surface area (Å²) in [5, 5.41) is 14.2. The summed E-state index contributed by atoms with van der Waals surface area (Å²) in [6.07, 6.45) is 4.42. The highest BCUT2D eigenvalue weighted by Crippen LogP contribution is 2.33.